The lowest BCUT2D eigenvalue weighted by Gasteiger charge is -2.22. The number of hydrogen-bond acceptors (Lipinski definition) is 4. The van der Waals surface area contributed by atoms with Crippen LogP contribution in [0.4, 0.5) is 4.79 Å². The van der Waals surface area contributed by atoms with Gasteiger partial charge in [0.15, 0.2) is 0 Å². The van der Waals surface area contributed by atoms with Gasteiger partial charge in [-0.1, -0.05) is 0 Å². The topological polar surface area (TPSA) is 55.8 Å². The van der Waals surface area contributed by atoms with Crippen LogP contribution >= 0.6 is 0 Å². The molecule has 1 aliphatic rings. The molecule has 84 valence electrons. The molecule has 5 nitrogen and oxygen atoms in total. The molecule has 1 rings (SSSR count). The second kappa shape index (κ2) is 5.38. The van der Waals surface area contributed by atoms with Gasteiger partial charge < -0.3 is 9.47 Å². The molecule has 0 unspecified atom stereocenters. The first kappa shape index (κ1) is 11.6. The second-order valence-corrected chi connectivity index (χ2v) is 3.14. The summed E-state index contributed by atoms with van der Waals surface area (Å²) in [5.74, 6) is -0.355. The fraction of sp³-hybridized carbons (Fsp3) is 0.600. The van der Waals surface area contributed by atoms with Crippen LogP contribution in [0.2, 0.25) is 0 Å². The van der Waals surface area contributed by atoms with Gasteiger partial charge in [0.1, 0.15) is 0 Å². The minimum Gasteiger partial charge on any atom is -0.463 e. The molecule has 0 aliphatic carbocycles. The van der Waals surface area contributed by atoms with Gasteiger partial charge in [0.05, 0.1) is 19.3 Å². The number of carbonyl (C=O) groups is 2. The highest BCUT2D eigenvalue weighted by Crippen LogP contribution is 2.16. The van der Waals surface area contributed by atoms with E-state index in [0.717, 1.165) is 6.42 Å². The fourth-order valence-corrected chi connectivity index (χ4v) is 1.40. The molecule has 1 heterocycles. The van der Waals surface area contributed by atoms with Crippen molar-refractivity contribution in [1.82, 2.24) is 4.90 Å². The zero-order valence-corrected chi connectivity index (χ0v) is 8.99. The maximum Gasteiger partial charge on any atom is 0.413 e. The summed E-state index contributed by atoms with van der Waals surface area (Å²) in [6, 6.07) is 0. The Bertz CT molecular complexity index is 285. The van der Waals surface area contributed by atoms with Gasteiger partial charge in [0.25, 0.3) is 0 Å². The van der Waals surface area contributed by atoms with Crippen molar-refractivity contribution in [2.45, 2.75) is 19.8 Å². The van der Waals surface area contributed by atoms with Crippen LogP contribution < -0.4 is 0 Å². The number of rotatable bonds is 2. The Hall–Kier alpha value is -1.52. The first-order chi connectivity index (χ1) is 7.19. The van der Waals surface area contributed by atoms with E-state index in [-0.39, 0.29) is 5.97 Å². The Morgan fingerprint density at radius 1 is 1.53 bits per heavy atom. The summed E-state index contributed by atoms with van der Waals surface area (Å²) in [5, 5.41) is 0. The van der Waals surface area contributed by atoms with Crippen molar-refractivity contribution in [2.24, 2.45) is 0 Å². The van der Waals surface area contributed by atoms with Gasteiger partial charge in [-0.2, -0.15) is 0 Å². The third-order valence-corrected chi connectivity index (χ3v) is 2.10. The molecule has 0 aromatic carbocycles. The van der Waals surface area contributed by atoms with Gasteiger partial charge in [-0.25, -0.2) is 9.59 Å². The Kier molecular flexibility index (Phi) is 4.15. The number of carbonyl (C=O) groups excluding carboxylic acids is 2. The maximum atomic E-state index is 11.4. The van der Waals surface area contributed by atoms with Crippen LogP contribution in [0.5, 0.6) is 0 Å². The van der Waals surface area contributed by atoms with E-state index in [1.807, 2.05) is 0 Å². The first-order valence-corrected chi connectivity index (χ1v) is 4.91. The number of ether oxygens (including phenoxy) is 2. The van der Waals surface area contributed by atoms with E-state index in [9.17, 15) is 9.59 Å². The molecule has 0 aromatic heterocycles. The van der Waals surface area contributed by atoms with Crippen molar-refractivity contribution in [3.63, 3.8) is 0 Å². The van der Waals surface area contributed by atoms with Crippen LogP contribution in [0.3, 0.4) is 0 Å². The van der Waals surface area contributed by atoms with E-state index >= 15 is 0 Å². The molecule has 0 aromatic rings. The summed E-state index contributed by atoms with van der Waals surface area (Å²) in [7, 11) is 1.31. The van der Waals surface area contributed by atoms with Crippen LogP contribution in [-0.4, -0.2) is 37.2 Å². The van der Waals surface area contributed by atoms with Crippen LogP contribution in [0, 0.1) is 0 Å². The number of hydrogen-bond donors (Lipinski definition) is 0. The summed E-state index contributed by atoms with van der Waals surface area (Å²) in [6.45, 7) is 2.67. The van der Waals surface area contributed by atoms with Crippen molar-refractivity contribution in [1.29, 1.82) is 0 Å². The summed E-state index contributed by atoms with van der Waals surface area (Å²) in [5.41, 5.74) is 0.522. The lowest BCUT2D eigenvalue weighted by molar-refractivity contribution is -0.138. The summed E-state index contributed by atoms with van der Waals surface area (Å²) >= 11 is 0. The molecule has 0 saturated heterocycles. The zero-order chi connectivity index (χ0) is 11.3. The van der Waals surface area contributed by atoms with Gasteiger partial charge in [0.2, 0.25) is 0 Å². The molecule has 0 atom stereocenters. The predicted octanol–water partition coefficient (Wildman–Crippen LogP) is 1.30. The standard InChI is InChI=1S/C10H15NO4/c1-3-15-9(12)8-5-4-6-11(7-8)10(13)14-2/h7H,3-6H2,1-2H3. The number of nitrogens with zero attached hydrogens (tertiary/aromatic N) is 1. The number of amides is 1. The van der Waals surface area contributed by atoms with Crippen molar-refractivity contribution in [2.75, 3.05) is 20.3 Å². The quantitative estimate of drug-likeness (QED) is 0.649. The molecule has 0 bridgehead atoms. The second-order valence-electron chi connectivity index (χ2n) is 3.14. The highest BCUT2D eigenvalue weighted by atomic mass is 16.5. The highest BCUT2D eigenvalue weighted by molar-refractivity contribution is 5.89. The third-order valence-electron chi connectivity index (χ3n) is 2.10. The van der Waals surface area contributed by atoms with E-state index in [4.69, 9.17) is 4.74 Å². The van der Waals surface area contributed by atoms with E-state index in [1.54, 1.807) is 6.92 Å². The average molecular weight is 213 g/mol. The molecular weight excluding hydrogens is 198 g/mol. The van der Waals surface area contributed by atoms with E-state index in [0.29, 0.717) is 25.1 Å². The van der Waals surface area contributed by atoms with E-state index in [1.165, 1.54) is 18.2 Å². The molecule has 0 fully saturated rings. The molecular formula is C10H15NO4. The Balaban J connectivity index is 2.68. The van der Waals surface area contributed by atoms with Crippen molar-refractivity contribution in [3.8, 4) is 0 Å². The molecule has 0 radical (unpaired) electrons. The van der Waals surface area contributed by atoms with Crippen LogP contribution in [-0.2, 0) is 14.3 Å². The van der Waals surface area contributed by atoms with Crippen LogP contribution in [0.25, 0.3) is 0 Å². The van der Waals surface area contributed by atoms with Gasteiger partial charge in [0, 0.05) is 12.7 Å². The van der Waals surface area contributed by atoms with Crippen molar-refractivity contribution in [3.05, 3.63) is 11.8 Å². The average Bonchev–Trinajstić information content (AvgIpc) is 2.28. The predicted molar refractivity (Wildman–Crippen MR) is 53.1 cm³/mol. The Morgan fingerprint density at radius 3 is 2.87 bits per heavy atom. The normalized spacial score (nSPS) is 15.6. The van der Waals surface area contributed by atoms with Gasteiger partial charge in [-0.3, -0.25) is 4.90 Å². The highest BCUT2D eigenvalue weighted by Gasteiger charge is 2.21. The molecule has 0 saturated carbocycles. The van der Waals surface area contributed by atoms with Crippen LogP contribution in [0.15, 0.2) is 11.8 Å². The lowest BCUT2D eigenvalue weighted by Crippen LogP contribution is -2.31. The van der Waals surface area contributed by atoms with E-state index < -0.39 is 6.09 Å². The molecule has 0 N–H and O–H groups in total. The van der Waals surface area contributed by atoms with Gasteiger partial charge >= 0.3 is 12.1 Å². The first-order valence-electron chi connectivity index (χ1n) is 4.91. The summed E-state index contributed by atoms with van der Waals surface area (Å²) in [4.78, 5) is 24.0. The van der Waals surface area contributed by atoms with Gasteiger partial charge in [-0.15, -0.1) is 0 Å². The molecule has 1 aliphatic heterocycles. The van der Waals surface area contributed by atoms with Gasteiger partial charge in [-0.05, 0) is 19.8 Å². The molecule has 0 spiro atoms. The SMILES string of the molecule is CCOC(=O)C1=CN(C(=O)OC)CCC1. The van der Waals surface area contributed by atoms with Crippen molar-refractivity contribution >= 4 is 12.1 Å². The number of methoxy groups -OCH3 is 1. The third kappa shape index (κ3) is 2.97. The lowest BCUT2D eigenvalue weighted by atomic mass is 10.1. The van der Waals surface area contributed by atoms with E-state index in [2.05, 4.69) is 4.74 Å². The molecule has 1 amide bonds. The molecule has 15 heavy (non-hydrogen) atoms. The largest absolute Gasteiger partial charge is 0.463 e. The smallest absolute Gasteiger partial charge is 0.413 e. The van der Waals surface area contributed by atoms with Crippen LogP contribution in [0.1, 0.15) is 19.8 Å². The summed E-state index contributed by atoms with van der Waals surface area (Å²) < 4.78 is 9.43. The fourth-order valence-electron chi connectivity index (χ4n) is 1.40. The molecule has 5 heteroatoms. The Morgan fingerprint density at radius 2 is 2.27 bits per heavy atom. The summed E-state index contributed by atoms with van der Waals surface area (Å²) in [6.07, 6.45) is 2.45. The Labute approximate surface area is 88.6 Å². The minimum absolute atomic E-state index is 0.342. The number of esters is 1. The minimum atomic E-state index is -0.448. The monoisotopic (exact) mass is 213 g/mol. The van der Waals surface area contributed by atoms with Crippen molar-refractivity contribution < 1.29 is 19.1 Å². The maximum absolute atomic E-state index is 11.4. The zero-order valence-electron chi connectivity index (χ0n) is 8.99.